The monoisotopic (exact) mass is 492 g/mol. The first-order valence-electron chi connectivity index (χ1n) is 9.87. The molecule has 3 aromatic rings. The number of benzene rings is 2. The van der Waals surface area contributed by atoms with Crippen molar-refractivity contribution in [1.82, 2.24) is 14.8 Å². The fraction of sp³-hybridized carbons (Fsp3) is 0.273. The lowest BCUT2D eigenvalue weighted by Crippen LogP contribution is -2.15. The molecule has 0 saturated carbocycles. The predicted octanol–water partition coefficient (Wildman–Crippen LogP) is 5.68. The van der Waals surface area contributed by atoms with Gasteiger partial charge in [0.2, 0.25) is 5.91 Å². The summed E-state index contributed by atoms with van der Waals surface area (Å²) in [6, 6.07) is 11.8. The van der Waals surface area contributed by atoms with E-state index in [1.165, 1.54) is 18.7 Å². The van der Waals surface area contributed by atoms with Gasteiger partial charge in [-0.15, -0.1) is 10.2 Å². The Bertz CT molecular complexity index is 1140. The lowest BCUT2D eigenvalue weighted by Gasteiger charge is -2.16. The summed E-state index contributed by atoms with van der Waals surface area (Å²) in [4.78, 5) is 23.9. The molecule has 0 radical (unpaired) electrons. The molecule has 0 aliphatic carbocycles. The number of thioether (sulfide) groups is 1. The molecule has 1 N–H and O–H groups in total. The Morgan fingerprint density at radius 1 is 1.19 bits per heavy atom. The fourth-order valence-corrected chi connectivity index (χ4v) is 4.22. The van der Waals surface area contributed by atoms with Gasteiger partial charge in [-0.1, -0.05) is 47.1 Å². The Morgan fingerprint density at radius 2 is 1.97 bits per heavy atom. The molecule has 10 heteroatoms. The Labute approximate surface area is 200 Å². The van der Waals surface area contributed by atoms with Gasteiger partial charge in [-0.25, -0.2) is 0 Å². The first-order valence-corrected chi connectivity index (χ1v) is 11.6. The number of ketones is 1. The number of carbonyl (C=O) groups excluding carboxylic acids is 2. The number of rotatable bonds is 9. The number of halogens is 2. The van der Waals surface area contributed by atoms with E-state index in [2.05, 4.69) is 15.5 Å². The van der Waals surface area contributed by atoms with Crippen LogP contribution in [0, 0.1) is 0 Å². The maximum atomic E-state index is 12.4. The van der Waals surface area contributed by atoms with E-state index in [1.807, 2.05) is 18.4 Å². The number of Topliss-reactive ketones (excluding diaryl/α,β-unsaturated/α-hetero) is 1. The van der Waals surface area contributed by atoms with Gasteiger partial charge in [0.25, 0.3) is 0 Å². The number of nitrogens with one attached hydrogen (secondary N) is 1. The lowest BCUT2D eigenvalue weighted by molar-refractivity contribution is -0.113. The van der Waals surface area contributed by atoms with E-state index in [9.17, 15) is 9.59 Å². The highest BCUT2D eigenvalue weighted by atomic mass is 35.5. The molecule has 0 saturated heterocycles. The number of carbonyl (C=O) groups is 2. The molecule has 7 nitrogen and oxygen atoms in total. The minimum atomic E-state index is -0.418. The van der Waals surface area contributed by atoms with Crippen LogP contribution in [0.25, 0.3) is 0 Å². The van der Waals surface area contributed by atoms with Crippen molar-refractivity contribution < 1.29 is 14.3 Å². The molecule has 0 aliphatic rings. The SMILES string of the molecule is CCn1c(SCC(=O)Nc2cccc(C(C)=O)c2)nnc1C(C)Oc1ccc(Cl)cc1Cl. The zero-order valence-corrected chi connectivity index (χ0v) is 20.1. The molecule has 0 fully saturated rings. The Kier molecular flexibility index (Phi) is 8.17. The fourth-order valence-electron chi connectivity index (χ4n) is 2.96. The third-order valence-electron chi connectivity index (χ3n) is 4.51. The van der Waals surface area contributed by atoms with Crippen molar-refractivity contribution in [3.63, 3.8) is 0 Å². The summed E-state index contributed by atoms with van der Waals surface area (Å²) < 4.78 is 7.84. The third-order valence-corrected chi connectivity index (χ3v) is 6.01. The molecule has 1 heterocycles. The zero-order valence-electron chi connectivity index (χ0n) is 17.8. The highest BCUT2D eigenvalue weighted by Crippen LogP contribution is 2.31. The summed E-state index contributed by atoms with van der Waals surface area (Å²) in [5, 5.41) is 12.8. The first-order chi connectivity index (χ1) is 15.3. The maximum absolute atomic E-state index is 12.4. The second kappa shape index (κ2) is 10.8. The van der Waals surface area contributed by atoms with Gasteiger partial charge in [-0.3, -0.25) is 9.59 Å². The van der Waals surface area contributed by atoms with Crippen molar-refractivity contribution in [3.8, 4) is 5.75 Å². The summed E-state index contributed by atoms with van der Waals surface area (Å²) in [6.45, 7) is 5.91. The second-order valence-corrected chi connectivity index (χ2v) is 8.68. The van der Waals surface area contributed by atoms with Crippen molar-refractivity contribution in [1.29, 1.82) is 0 Å². The average molecular weight is 493 g/mol. The number of nitrogens with zero attached hydrogens (tertiary/aromatic N) is 3. The van der Waals surface area contributed by atoms with Crippen LogP contribution in [-0.2, 0) is 11.3 Å². The molecule has 3 rings (SSSR count). The average Bonchev–Trinajstić information content (AvgIpc) is 3.17. The van der Waals surface area contributed by atoms with Gasteiger partial charge in [0.1, 0.15) is 5.75 Å². The number of ether oxygens (including phenoxy) is 1. The summed E-state index contributed by atoms with van der Waals surface area (Å²) in [7, 11) is 0. The number of anilines is 1. The molecule has 0 bridgehead atoms. The Hall–Kier alpha value is -2.55. The predicted molar refractivity (Wildman–Crippen MR) is 127 cm³/mol. The van der Waals surface area contributed by atoms with E-state index >= 15 is 0 Å². The van der Waals surface area contributed by atoms with E-state index in [0.717, 1.165) is 0 Å². The molecular weight excluding hydrogens is 471 g/mol. The van der Waals surface area contributed by atoms with E-state index in [-0.39, 0.29) is 17.4 Å². The van der Waals surface area contributed by atoms with Gasteiger partial charge in [-0.2, -0.15) is 0 Å². The summed E-state index contributed by atoms with van der Waals surface area (Å²) >= 11 is 13.4. The highest BCUT2D eigenvalue weighted by Gasteiger charge is 2.20. The quantitative estimate of drug-likeness (QED) is 0.305. The van der Waals surface area contributed by atoms with Gasteiger partial charge in [0.05, 0.1) is 10.8 Å². The van der Waals surface area contributed by atoms with E-state index in [4.69, 9.17) is 27.9 Å². The van der Waals surface area contributed by atoms with Crippen LogP contribution in [0.5, 0.6) is 5.75 Å². The minimum Gasteiger partial charge on any atom is -0.481 e. The topological polar surface area (TPSA) is 86.1 Å². The Morgan fingerprint density at radius 3 is 2.66 bits per heavy atom. The number of hydrogen-bond acceptors (Lipinski definition) is 6. The Balaban J connectivity index is 1.64. The van der Waals surface area contributed by atoms with Crippen LogP contribution in [-0.4, -0.2) is 32.2 Å². The summed E-state index contributed by atoms with van der Waals surface area (Å²) in [5.41, 5.74) is 1.11. The molecule has 1 unspecified atom stereocenters. The molecule has 32 heavy (non-hydrogen) atoms. The summed E-state index contributed by atoms with van der Waals surface area (Å²) in [6.07, 6.45) is -0.418. The van der Waals surface area contributed by atoms with Crippen LogP contribution >= 0.6 is 35.0 Å². The molecule has 1 aromatic heterocycles. The molecular formula is C22H22Cl2N4O3S. The standard InChI is InChI=1S/C22H22Cl2N4O3S/c1-4-28-21(14(3)31-19-9-8-16(23)11-18(19)24)26-27-22(28)32-12-20(30)25-17-7-5-6-15(10-17)13(2)29/h5-11,14H,4,12H2,1-3H3,(H,25,30). The zero-order chi connectivity index (χ0) is 23.3. The molecule has 0 aliphatic heterocycles. The number of hydrogen-bond donors (Lipinski definition) is 1. The lowest BCUT2D eigenvalue weighted by atomic mass is 10.1. The molecule has 1 amide bonds. The van der Waals surface area contributed by atoms with Crippen LogP contribution in [0.2, 0.25) is 10.0 Å². The van der Waals surface area contributed by atoms with Crippen LogP contribution < -0.4 is 10.1 Å². The smallest absolute Gasteiger partial charge is 0.234 e. The van der Waals surface area contributed by atoms with Gasteiger partial charge in [-0.05, 0) is 51.1 Å². The van der Waals surface area contributed by atoms with Gasteiger partial charge in [0, 0.05) is 22.8 Å². The second-order valence-electron chi connectivity index (χ2n) is 6.89. The van der Waals surface area contributed by atoms with Gasteiger partial charge in [0.15, 0.2) is 22.9 Å². The van der Waals surface area contributed by atoms with E-state index in [0.29, 0.717) is 44.6 Å². The van der Waals surface area contributed by atoms with E-state index in [1.54, 1.807) is 42.5 Å². The molecule has 2 aromatic carbocycles. The van der Waals surface area contributed by atoms with E-state index < -0.39 is 6.10 Å². The molecule has 0 spiro atoms. The highest BCUT2D eigenvalue weighted by molar-refractivity contribution is 7.99. The van der Waals surface area contributed by atoms with Gasteiger partial charge >= 0.3 is 0 Å². The van der Waals surface area contributed by atoms with Crippen molar-refractivity contribution in [2.75, 3.05) is 11.1 Å². The van der Waals surface area contributed by atoms with Crippen LogP contribution in [0.15, 0.2) is 47.6 Å². The van der Waals surface area contributed by atoms with Crippen molar-refractivity contribution in [3.05, 3.63) is 63.9 Å². The molecule has 168 valence electrons. The van der Waals surface area contributed by atoms with Crippen molar-refractivity contribution in [2.24, 2.45) is 0 Å². The van der Waals surface area contributed by atoms with Crippen LogP contribution in [0.4, 0.5) is 5.69 Å². The van der Waals surface area contributed by atoms with Crippen molar-refractivity contribution >= 4 is 52.3 Å². The minimum absolute atomic E-state index is 0.0599. The number of amides is 1. The van der Waals surface area contributed by atoms with Crippen LogP contribution in [0.3, 0.4) is 0 Å². The summed E-state index contributed by atoms with van der Waals surface area (Å²) in [5.74, 6) is 0.988. The normalized spacial score (nSPS) is 11.8. The maximum Gasteiger partial charge on any atom is 0.234 e. The van der Waals surface area contributed by atoms with Gasteiger partial charge < -0.3 is 14.6 Å². The first kappa shape index (κ1) is 24.1. The third kappa shape index (κ3) is 6.03. The largest absolute Gasteiger partial charge is 0.481 e. The van der Waals surface area contributed by atoms with Crippen molar-refractivity contribution in [2.45, 2.75) is 38.6 Å². The molecule has 1 atom stereocenters. The number of aromatic nitrogens is 3. The van der Waals surface area contributed by atoms with Crippen LogP contribution in [0.1, 0.15) is 43.1 Å².